The van der Waals surface area contributed by atoms with E-state index in [9.17, 15) is 0 Å². The molecule has 1 aromatic heterocycles. The Labute approximate surface area is 114 Å². The molecule has 0 aliphatic heterocycles. The summed E-state index contributed by atoms with van der Waals surface area (Å²) in [4.78, 5) is 4.51. The van der Waals surface area contributed by atoms with Gasteiger partial charge in [0, 0.05) is 17.8 Å². The monoisotopic (exact) mass is 256 g/mol. The quantitative estimate of drug-likeness (QED) is 0.893. The summed E-state index contributed by atoms with van der Waals surface area (Å²) in [6.07, 6.45) is 0. The van der Waals surface area contributed by atoms with E-state index in [1.54, 1.807) is 0 Å². The minimum absolute atomic E-state index is 0.549. The molecule has 3 heteroatoms. The Kier molecular flexibility index (Phi) is 4.53. The van der Waals surface area contributed by atoms with Crippen LogP contribution in [0.1, 0.15) is 22.4 Å². The average Bonchev–Trinajstić information content (AvgIpc) is 2.41. The molecule has 0 spiro atoms. The van der Waals surface area contributed by atoms with Crippen LogP contribution in [0.25, 0.3) is 0 Å². The van der Waals surface area contributed by atoms with E-state index in [-0.39, 0.29) is 0 Å². The largest absolute Gasteiger partial charge is 0.473 e. The van der Waals surface area contributed by atoms with Gasteiger partial charge in [0.05, 0.1) is 0 Å². The van der Waals surface area contributed by atoms with Crippen molar-refractivity contribution < 1.29 is 4.74 Å². The van der Waals surface area contributed by atoms with Gasteiger partial charge in [-0.05, 0) is 38.1 Å². The Morgan fingerprint density at radius 3 is 2.58 bits per heavy atom. The van der Waals surface area contributed by atoms with Crippen molar-refractivity contribution in [3.05, 3.63) is 58.8 Å². The topological polar surface area (TPSA) is 34.2 Å². The molecule has 1 heterocycles. The fourth-order valence-corrected chi connectivity index (χ4v) is 2.07. The maximum absolute atomic E-state index is 5.89. The Bertz CT molecular complexity index is 538. The maximum atomic E-state index is 5.89. The Balaban J connectivity index is 2.19. The van der Waals surface area contributed by atoms with E-state index >= 15 is 0 Å². The molecule has 0 unspecified atom stereocenters. The fraction of sp³-hybridized carbons (Fsp3) is 0.312. The molecule has 0 saturated carbocycles. The van der Waals surface area contributed by atoms with Crippen LogP contribution in [0, 0.1) is 13.8 Å². The molecule has 19 heavy (non-hydrogen) atoms. The van der Waals surface area contributed by atoms with E-state index in [0.29, 0.717) is 6.61 Å². The number of pyridine rings is 1. The number of ether oxygens (including phenoxy) is 1. The number of hydrogen-bond donors (Lipinski definition) is 1. The van der Waals surface area contributed by atoms with E-state index in [4.69, 9.17) is 4.74 Å². The standard InChI is InChI=1S/C16H20N2O/c1-12-9-13(2)18-16(15(12)10-17-3)19-11-14-7-5-4-6-8-14/h4-9,17H,10-11H2,1-3H3. The predicted octanol–water partition coefficient (Wildman–Crippen LogP) is 3.00. The van der Waals surface area contributed by atoms with Crippen molar-refractivity contribution in [3.63, 3.8) is 0 Å². The molecular weight excluding hydrogens is 236 g/mol. The van der Waals surface area contributed by atoms with Gasteiger partial charge < -0.3 is 10.1 Å². The predicted molar refractivity (Wildman–Crippen MR) is 77.2 cm³/mol. The fourth-order valence-electron chi connectivity index (χ4n) is 2.07. The minimum Gasteiger partial charge on any atom is -0.473 e. The molecule has 2 aromatic rings. The molecule has 0 aliphatic carbocycles. The van der Waals surface area contributed by atoms with Crippen LogP contribution >= 0.6 is 0 Å². The first-order valence-electron chi connectivity index (χ1n) is 6.49. The number of benzene rings is 1. The van der Waals surface area contributed by atoms with Crippen molar-refractivity contribution in [3.8, 4) is 5.88 Å². The number of aromatic nitrogens is 1. The highest BCUT2D eigenvalue weighted by Gasteiger charge is 2.09. The van der Waals surface area contributed by atoms with Crippen LogP contribution in [-0.4, -0.2) is 12.0 Å². The first kappa shape index (κ1) is 13.6. The third-order valence-corrected chi connectivity index (χ3v) is 3.01. The van der Waals surface area contributed by atoms with Gasteiger partial charge in [-0.3, -0.25) is 0 Å². The molecule has 1 N–H and O–H groups in total. The number of aryl methyl sites for hydroxylation is 2. The molecule has 3 nitrogen and oxygen atoms in total. The summed E-state index contributed by atoms with van der Waals surface area (Å²) in [5, 5.41) is 3.16. The molecule has 1 aromatic carbocycles. The molecular formula is C16H20N2O. The van der Waals surface area contributed by atoms with Gasteiger partial charge in [0.15, 0.2) is 0 Å². The van der Waals surface area contributed by atoms with E-state index in [1.165, 1.54) is 5.56 Å². The van der Waals surface area contributed by atoms with Gasteiger partial charge in [0.1, 0.15) is 6.61 Å². The van der Waals surface area contributed by atoms with E-state index < -0.39 is 0 Å². The zero-order valence-electron chi connectivity index (χ0n) is 11.7. The summed E-state index contributed by atoms with van der Waals surface area (Å²) < 4.78 is 5.89. The highest BCUT2D eigenvalue weighted by Crippen LogP contribution is 2.21. The molecule has 100 valence electrons. The van der Waals surface area contributed by atoms with Crippen molar-refractivity contribution in [2.75, 3.05) is 7.05 Å². The van der Waals surface area contributed by atoms with Crippen molar-refractivity contribution >= 4 is 0 Å². The lowest BCUT2D eigenvalue weighted by molar-refractivity contribution is 0.289. The molecule has 2 rings (SSSR count). The van der Waals surface area contributed by atoms with Gasteiger partial charge >= 0.3 is 0 Å². The molecule has 0 amide bonds. The van der Waals surface area contributed by atoms with Gasteiger partial charge in [0.25, 0.3) is 0 Å². The molecule has 0 aliphatic rings. The van der Waals surface area contributed by atoms with Crippen LogP contribution in [0.5, 0.6) is 5.88 Å². The normalized spacial score (nSPS) is 10.5. The van der Waals surface area contributed by atoms with E-state index in [1.807, 2.05) is 32.2 Å². The SMILES string of the molecule is CNCc1c(C)cc(C)nc1OCc1ccccc1. The first-order valence-corrected chi connectivity index (χ1v) is 6.49. The molecule has 0 saturated heterocycles. The molecule has 0 radical (unpaired) electrons. The van der Waals surface area contributed by atoms with Crippen LogP contribution in [0.2, 0.25) is 0 Å². The van der Waals surface area contributed by atoms with Crippen molar-refractivity contribution in [1.82, 2.24) is 10.3 Å². The van der Waals surface area contributed by atoms with Gasteiger partial charge in [-0.15, -0.1) is 0 Å². The second-order valence-electron chi connectivity index (χ2n) is 4.67. The van der Waals surface area contributed by atoms with Crippen molar-refractivity contribution in [1.29, 1.82) is 0 Å². The average molecular weight is 256 g/mol. The first-order chi connectivity index (χ1) is 9.20. The van der Waals surface area contributed by atoms with Gasteiger partial charge in [-0.25, -0.2) is 4.98 Å². The van der Waals surface area contributed by atoms with Crippen LogP contribution in [0.3, 0.4) is 0 Å². The lowest BCUT2D eigenvalue weighted by atomic mass is 10.1. The second kappa shape index (κ2) is 6.34. The molecule has 0 atom stereocenters. The number of rotatable bonds is 5. The van der Waals surface area contributed by atoms with E-state index in [2.05, 4.69) is 35.4 Å². The summed E-state index contributed by atoms with van der Waals surface area (Å²) in [5.41, 5.74) is 4.48. The van der Waals surface area contributed by atoms with Gasteiger partial charge in [-0.2, -0.15) is 0 Å². The third-order valence-electron chi connectivity index (χ3n) is 3.01. The zero-order valence-corrected chi connectivity index (χ0v) is 11.7. The lowest BCUT2D eigenvalue weighted by Crippen LogP contribution is -2.11. The van der Waals surface area contributed by atoms with Gasteiger partial charge in [-0.1, -0.05) is 30.3 Å². The highest BCUT2D eigenvalue weighted by atomic mass is 16.5. The number of nitrogens with one attached hydrogen (secondary N) is 1. The minimum atomic E-state index is 0.549. The maximum Gasteiger partial charge on any atom is 0.218 e. The third kappa shape index (κ3) is 3.55. The second-order valence-corrected chi connectivity index (χ2v) is 4.67. The Morgan fingerprint density at radius 2 is 1.89 bits per heavy atom. The van der Waals surface area contributed by atoms with Crippen LogP contribution in [0.15, 0.2) is 36.4 Å². The summed E-state index contributed by atoms with van der Waals surface area (Å²) in [5.74, 6) is 0.732. The van der Waals surface area contributed by atoms with Crippen LogP contribution < -0.4 is 10.1 Å². The number of hydrogen-bond acceptors (Lipinski definition) is 3. The van der Waals surface area contributed by atoms with E-state index in [0.717, 1.165) is 29.2 Å². The summed E-state index contributed by atoms with van der Waals surface area (Å²) in [6, 6.07) is 12.2. The molecule has 0 bridgehead atoms. The number of nitrogens with zero attached hydrogens (tertiary/aromatic N) is 1. The Morgan fingerprint density at radius 1 is 1.16 bits per heavy atom. The van der Waals surface area contributed by atoms with Crippen LogP contribution in [0.4, 0.5) is 0 Å². The lowest BCUT2D eigenvalue weighted by Gasteiger charge is -2.13. The van der Waals surface area contributed by atoms with Crippen molar-refractivity contribution in [2.45, 2.75) is 27.0 Å². The Hall–Kier alpha value is -1.87. The summed E-state index contributed by atoms with van der Waals surface area (Å²) in [7, 11) is 1.93. The van der Waals surface area contributed by atoms with Crippen LogP contribution in [-0.2, 0) is 13.2 Å². The van der Waals surface area contributed by atoms with Gasteiger partial charge in [0.2, 0.25) is 5.88 Å². The smallest absolute Gasteiger partial charge is 0.218 e. The highest BCUT2D eigenvalue weighted by molar-refractivity contribution is 5.36. The molecule has 0 fully saturated rings. The summed E-state index contributed by atoms with van der Waals surface area (Å²) in [6.45, 7) is 5.40. The van der Waals surface area contributed by atoms with Crippen molar-refractivity contribution in [2.24, 2.45) is 0 Å². The summed E-state index contributed by atoms with van der Waals surface area (Å²) >= 11 is 0. The zero-order chi connectivity index (χ0) is 13.7.